The molecule has 0 radical (unpaired) electrons. The highest BCUT2D eigenvalue weighted by Gasteiger charge is 2.14. The van der Waals surface area contributed by atoms with Crippen molar-refractivity contribution in [2.45, 2.75) is 0 Å². The van der Waals surface area contributed by atoms with E-state index in [1.807, 2.05) is 6.07 Å². The quantitative estimate of drug-likeness (QED) is 0.453. The zero-order chi connectivity index (χ0) is 9.26. The molecule has 0 unspecified atom stereocenters. The molecule has 0 aliphatic carbocycles. The highest BCUT2D eigenvalue weighted by atomic mass is 16.4. The lowest BCUT2D eigenvalue weighted by atomic mass is 10.2. The van der Waals surface area contributed by atoms with Crippen LogP contribution in [0.15, 0.2) is 39.5 Å². The molecule has 0 N–H and O–H groups in total. The van der Waals surface area contributed by atoms with Crippen LogP contribution in [0, 0.1) is 5.39 Å². The van der Waals surface area contributed by atoms with E-state index in [1.165, 1.54) is 6.07 Å². The molecule has 1 heterocycles. The van der Waals surface area contributed by atoms with E-state index >= 15 is 0 Å². The predicted molar refractivity (Wildman–Crippen MR) is 47.2 cm³/mol. The molecule has 13 heavy (non-hydrogen) atoms. The number of para-hydroxylation sites is 1. The number of hydrogen-bond acceptors (Lipinski definition) is 3. The van der Waals surface area contributed by atoms with Crippen LogP contribution in [0.4, 0.5) is 5.69 Å². The number of rotatable bonds is 0. The van der Waals surface area contributed by atoms with Gasteiger partial charge in [0, 0.05) is 5.39 Å². The summed E-state index contributed by atoms with van der Waals surface area (Å²) in [6.45, 7) is 0. The van der Waals surface area contributed by atoms with Crippen LogP contribution in [0.3, 0.4) is 0 Å². The van der Waals surface area contributed by atoms with Gasteiger partial charge in [-0.15, -0.1) is 0 Å². The summed E-state index contributed by atoms with van der Waals surface area (Å²) < 4.78 is 4.87. The maximum atomic E-state index is 11.0. The largest absolute Gasteiger partial charge is 0.469 e. The highest BCUT2D eigenvalue weighted by Crippen LogP contribution is 2.16. The summed E-state index contributed by atoms with van der Waals surface area (Å²) in [5.41, 5.74) is -0.236. The average Bonchev–Trinajstić information content (AvgIpc) is 2.17. The second-order valence-electron chi connectivity index (χ2n) is 2.56. The van der Waals surface area contributed by atoms with Crippen molar-refractivity contribution in [1.82, 2.24) is 0 Å². The maximum Gasteiger partial charge on any atom is 0.469 e. The van der Waals surface area contributed by atoms with E-state index in [0.29, 0.717) is 5.58 Å². The standard InChI is InChI=1S/C9H5N2O2/c10-11-7-5-6-3-1-2-4-8(6)13-9(7)12/h1-5H/q+1. The fraction of sp³-hybridized carbons (Fsp3) is 0. The fourth-order valence-electron chi connectivity index (χ4n) is 1.12. The van der Waals surface area contributed by atoms with E-state index in [4.69, 9.17) is 9.81 Å². The Kier molecular flexibility index (Phi) is 1.57. The fourth-order valence-corrected chi connectivity index (χ4v) is 1.12. The number of benzene rings is 1. The van der Waals surface area contributed by atoms with Crippen molar-refractivity contribution < 1.29 is 4.42 Å². The Morgan fingerprint density at radius 2 is 2.08 bits per heavy atom. The first kappa shape index (κ1) is 7.50. The van der Waals surface area contributed by atoms with Gasteiger partial charge < -0.3 is 4.42 Å². The zero-order valence-electron chi connectivity index (χ0n) is 6.60. The van der Waals surface area contributed by atoms with Crippen LogP contribution in [0.1, 0.15) is 0 Å². The molecule has 4 heteroatoms. The Hall–Kier alpha value is -2.15. The summed E-state index contributed by atoms with van der Waals surface area (Å²) >= 11 is 0. The lowest BCUT2D eigenvalue weighted by Crippen LogP contribution is -1.95. The molecule has 0 bridgehead atoms. The number of nitrogens with zero attached hydrogens (tertiary/aromatic N) is 2. The molecule has 2 rings (SSSR count). The van der Waals surface area contributed by atoms with Gasteiger partial charge in [-0.1, -0.05) is 18.2 Å². The molecule has 0 aliphatic rings. The molecule has 0 amide bonds. The van der Waals surface area contributed by atoms with E-state index in [9.17, 15) is 4.79 Å². The normalized spacial score (nSPS) is 9.77. The van der Waals surface area contributed by atoms with Crippen molar-refractivity contribution >= 4 is 16.7 Å². The van der Waals surface area contributed by atoms with Crippen molar-refractivity contribution in [2.75, 3.05) is 0 Å². The Morgan fingerprint density at radius 1 is 1.31 bits per heavy atom. The molecule has 0 atom stereocenters. The molecule has 0 saturated carbocycles. The summed E-state index contributed by atoms with van der Waals surface area (Å²) in [5.74, 6) is 0. The van der Waals surface area contributed by atoms with Gasteiger partial charge in [0.05, 0.1) is 6.07 Å². The highest BCUT2D eigenvalue weighted by molar-refractivity contribution is 5.79. The SMILES string of the molecule is N#[N+]c1cc2ccccc2oc1=O. The molecule has 1 aromatic carbocycles. The van der Waals surface area contributed by atoms with E-state index in [2.05, 4.69) is 4.98 Å². The van der Waals surface area contributed by atoms with Crippen molar-refractivity contribution in [2.24, 2.45) is 0 Å². The van der Waals surface area contributed by atoms with Gasteiger partial charge >= 0.3 is 11.3 Å². The van der Waals surface area contributed by atoms with Crippen LogP contribution >= 0.6 is 0 Å². The van der Waals surface area contributed by atoms with Crippen LogP contribution < -0.4 is 5.63 Å². The number of fused-ring (bicyclic) bond motifs is 1. The average molecular weight is 173 g/mol. The third-order valence-corrected chi connectivity index (χ3v) is 1.73. The van der Waals surface area contributed by atoms with E-state index < -0.39 is 5.63 Å². The summed E-state index contributed by atoms with van der Waals surface area (Å²) in [6, 6.07) is 8.50. The smallest absolute Gasteiger partial charge is 0.417 e. The minimum atomic E-state index is -0.638. The number of hydrogen-bond donors (Lipinski definition) is 0. The van der Waals surface area contributed by atoms with E-state index in [0.717, 1.165) is 5.39 Å². The molecule has 0 spiro atoms. The summed E-state index contributed by atoms with van der Waals surface area (Å²) in [7, 11) is 0. The van der Waals surface area contributed by atoms with Crippen LogP contribution in [-0.4, -0.2) is 0 Å². The molecule has 4 nitrogen and oxygen atoms in total. The first-order chi connectivity index (χ1) is 6.31. The van der Waals surface area contributed by atoms with Gasteiger partial charge in [-0.25, -0.2) is 4.79 Å². The molecule has 0 saturated heterocycles. The van der Waals surface area contributed by atoms with Gasteiger partial charge in [0.2, 0.25) is 5.39 Å². The van der Waals surface area contributed by atoms with Crippen LogP contribution in [0.2, 0.25) is 0 Å². The lowest BCUT2D eigenvalue weighted by molar-refractivity contribution is 0.565. The van der Waals surface area contributed by atoms with Crippen molar-refractivity contribution in [1.29, 1.82) is 5.39 Å². The summed E-state index contributed by atoms with van der Waals surface area (Å²) in [4.78, 5) is 13.9. The van der Waals surface area contributed by atoms with Gasteiger partial charge in [-0.05, 0) is 6.07 Å². The van der Waals surface area contributed by atoms with E-state index in [-0.39, 0.29) is 5.69 Å². The molecule has 62 valence electrons. The third-order valence-electron chi connectivity index (χ3n) is 1.73. The van der Waals surface area contributed by atoms with Crippen LogP contribution in [0.25, 0.3) is 15.9 Å². The molecule has 1 aromatic heterocycles. The van der Waals surface area contributed by atoms with E-state index in [1.54, 1.807) is 18.2 Å². The maximum absolute atomic E-state index is 11.0. The Balaban J connectivity index is 2.91. The van der Waals surface area contributed by atoms with Crippen molar-refractivity contribution in [3.8, 4) is 0 Å². The molecular formula is C9H5N2O2+. The second-order valence-corrected chi connectivity index (χ2v) is 2.56. The summed E-state index contributed by atoms with van der Waals surface area (Å²) in [6.07, 6.45) is 0. The van der Waals surface area contributed by atoms with Crippen LogP contribution in [0.5, 0.6) is 0 Å². The minimum Gasteiger partial charge on any atom is -0.417 e. The van der Waals surface area contributed by atoms with Gasteiger partial charge in [-0.2, -0.15) is 0 Å². The van der Waals surface area contributed by atoms with Crippen LogP contribution in [-0.2, 0) is 0 Å². The van der Waals surface area contributed by atoms with Gasteiger partial charge in [0.1, 0.15) is 5.58 Å². The van der Waals surface area contributed by atoms with Gasteiger partial charge in [0.25, 0.3) is 0 Å². The first-order valence-electron chi connectivity index (χ1n) is 3.69. The Bertz CT molecular complexity index is 551. The van der Waals surface area contributed by atoms with Gasteiger partial charge in [0.15, 0.2) is 4.98 Å². The molecule has 0 aliphatic heterocycles. The molecular weight excluding hydrogens is 168 g/mol. The lowest BCUT2D eigenvalue weighted by Gasteiger charge is -1.90. The Labute approximate surface area is 73.0 Å². The predicted octanol–water partition coefficient (Wildman–Crippen LogP) is 2.28. The monoisotopic (exact) mass is 173 g/mol. The number of diazo groups is 1. The Morgan fingerprint density at radius 3 is 2.85 bits per heavy atom. The zero-order valence-corrected chi connectivity index (χ0v) is 6.60. The minimum absolute atomic E-state index is 0.0845. The van der Waals surface area contributed by atoms with Crippen molar-refractivity contribution in [3.05, 3.63) is 45.7 Å². The summed E-state index contributed by atoms with van der Waals surface area (Å²) in [5, 5.41) is 9.17. The molecule has 2 aromatic rings. The second kappa shape index (κ2) is 2.72. The topological polar surface area (TPSA) is 58.4 Å². The van der Waals surface area contributed by atoms with Crippen molar-refractivity contribution in [3.63, 3.8) is 0 Å². The first-order valence-corrected chi connectivity index (χ1v) is 3.69. The van der Waals surface area contributed by atoms with Gasteiger partial charge in [-0.3, -0.25) is 0 Å². The molecule has 0 fully saturated rings. The third kappa shape index (κ3) is 1.16.